The Kier molecular flexibility index (Phi) is 8.65. The summed E-state index contributed by atoms with van der Waals surface area (Å²) < 4.78 is 7.73. The Morgan fingerprint density at radius 3 is 2.28 bits per heavy atom. The predicted octanol–water partition coefficient (Wildman–Crippen LogP) is 8.05. The second kappa shape index (κ2) is 10.3. The molecule has 0 heterocycles. The number of hydrogen-bond donors (Lipinski definition) is 0. The van der Waals surface area contributed by atoms with Gasteiger partial charge in [0.1, 0.15) is 0 Å². The molecular weight excluding hydrogens is 474 g/mol. The van der Waals surface area contributed by atoms with Crippen LogP contribution in [0.1, 0.15) is 53.4 Å². The van der Waals surface area contributed by atoms with Crippen LogP contribution < -0.4 is 0 Å². The molecule has 0 radical (unpaired) electrons. The maximum absolute atomic E-state index is 2.84. The zero-order chi connectivity index (χ0) is 18.9. The van der Waals surface area contributed by atoms with Crippen molar-refractivity contribution in [2.24, 2.45) is 0 Å². The fourth-order valence-corrected chi connectivity index (χ4v) is 15.0. The summed E-state index contributed by atoms with van der Waals surface area (Å²) in [6.45, 7) is 4.63. The summed E-state index contributed by atoms with van der Waals surface area (Å²) in [5.41, 5.74) is 7.65. The van der Waals surface area contributed by atoms with Gasteiger partial charge in [0.25, 0.3) is 0 Å². The van der Waals surface area contributed by atoms with Crippen LogP contribution in [0.15, 0.2) is 81.2 Å². The van der Waals surface area contributed by atoms with Crippen LogP contribution >= 0.6 is 24.8 Å². The molecule has 2 atom stereocenters. The van der Waals surface area contributed by atoms with Crippen LogP contribution in [0.25, 0.3) is 6.08 Å². The summed E-state index contributed by atoms with van der Waals surface area (Å²) in [5, 5.41) is 0. The molecule has 2 aromatic rings. The van der Waals surface area contributed by atoms with Gasteiger partial charge < -0.3 is 0 Å². The summed E-state index contributed by atoms with van der Waals surface area (Å²) >= 11 is -2.84. The van der Waals surface area contributed by atoms with Crippen molar-refractivity contribution < 1.29 is 19.8 Å². The largest absolute Gasteiger partial charge is 0.147 e. The summed E-state index contributed by atoms with van der Waals surface area (Å²) in [4.78, 5) is 0. The van der Waals surface area contributed by atoms with E-state index in [-0.39, 0.29) is 24.8 Å². The van der Waals surface area contributed by atoms with Crippen molar-refractivity contribution in [3.8, 4) is 0 Å². The van der Waals surface area contributed by atoms with E-state index >= 15 is 0 Å². The zero-order valence-electron chi connectivity index (χ0n) is 17.5. The first-order chi connectivity index (χ1) is 13.2. The number of hydrogen-bond acceptors (Lipinski definition) is 0. The Morgan fingerprint density at radius 1 is 0.931 bits per heavy atom. The molecule has 0 fully saturated rings. The van der Waals surface area contributed by atoms with Crippen molar-refractivity contribution >= 4 is 34.6 Å². The average Bonchev–Trinajstić information content (AvgIpc) is 3.33. The van der Waals surface area contributed by atoms with Gasteiger partial charge in [-0.25, -0.2) is 0 Å². The molecule has 0 spiro atoms. The van der Waals surface area contributed by atoms with Gasteiger partial charge in [0.2, 0.25) is 0 Å². The fraction of sp³-hybridized carbons (Fsp3) is 0.269. The van der Waals surface area contributed by atoms with Gasteiger partial charge in [-0.05, 0) is 0 Å². The fourth-order valence-electron chi connectivity index (χ4n) is 4.81. The van der Waals surface area contributed by atoms with Gasteiger partial charge in [0, 0.05) is 0 Å². The second-order valence-electron chi connectivity index (χ2n) is 7.99. The monoisotopic (exact) mass is 503 g/mol. The van der Waals surface area contributed by atoms with Crippen LogP contribution in [0.2, 0.25) is 4.63 Å². The van der Waals surface area contributed by atoms with Gasteiger partial charge in [0.15, 0.2) is 0 Å². The normalized spacial score (nSPS) is 19.0. The first-order valence-corrected chi connectivity index (χ1v) is 16.8. The molecule has 0 aromatic heterocycles. The standard InChI is InChI=1S/C9H7.C9H13.C7H6.CH3.2ClH.Zr/c1-2-5-9-7-3-6-8(9)4-1;1-3-8-6-5-7-9(8)4-2;1-7-5-3-2-4-6-7;;;;/h1-7H;6H,3-4,7H2,1-2H3;1-6H;1H3;2*1H;. The molecule has 2 aliphatic carbocycles. The van der Waals surface area contributed by atoms with Crippen molar-refractivity contribution in [1.82, 2.24) is 0 Å². The number of rotatable bonds is 5. The predicted molar refractivity (Wildman–Crippen MR) is 130 cm³/mol. The summed E-state index contributed by atoms with van der Waals surface area (Å²) in [6, 6.07) is 20.0. The SMILES string of the molecule is CCC1=C(CC)C[C]([Zr]([CH3])(=[CH]c2ccccc2)[CH]2C=Cc3ccccc32)=C1.Cl.Cl. The van der Waals surface area contributed by atoms with Gasteiger partial charge in [-0.1, -0.05) is 0 Å². The maximum Gasteiger partial charge on any atom is -0.147 e. The molecule has 4 rings (SSSR count). The van der Waals surface area contributed by atoms with Crippen LogP contribution in [0.3, 0.4) is 0 Å². The Morgan fingerprint density at radius 2 is 1.62 bits per heavy atom. The molecule has 2 unspecified atom stereocenters. The quantitative estimate of drug-likeness (QED) is 0.386. The van der Waals surface area contributed by atoms with E-state index in [0.717, 1.165) is 6.42 Å². The average molecular weight is 506 g/mol. The summed E-state index contributed by atoms with van der Waals surface area (Å²) in [6.07, 6.45) is 11.0. The van der Waals surface area contributed by atoms with E-state index in [0.29, 0.717) is 3.63 Å². The van der Waals surface area contributed by atoms with E-state index in [4.69, 9.17) is 0 Å². The molecule has 2 aromatic carbocycles. The second-order valence-corrected chi connectivity index (χ2v) is 18.1. The van der Waals surface area contributed by atoms with Crippen LogP contribution in [0.4, 0.5) is 0 Å². The van der Waals surface area contributed by atoms with E-state index in [1.165, 1.54) is 24.0 Å². The molecule has 0 saturated carbocycles. The molecule has 3 heteroatoms. The van der Waals surface area contributed by atoms with Gasteiger partial charge in [-0.3, -0.25) is 0 Å². The number of fused-ring (bicyclic) bond motifs is 1. The first kappa shape index (κ1) is 24.3. The first-order valence-electron chi connectivity index (χ1n) is 10.3. The van der Waals surface area contributed by atoms with E-state index in [1.807, 2.05) is 0 Å². The maximum atomic E-state index is 2.71. The summed E-state index contributed by atoms with van der Waals surface area (Å²) in [7, 11) is 0. The minimum atomic E-state index is -2.84. The Labute approximate surface area is 192 Å². The van der Waals surface area contributed by atoms with E-state index < -0.39 is 19.8 Å². The van der Waals surface area contributed by atoms with Crippen molar-refractivity contribution in [2.45, 2.75) is 41.4 Å². The number of benzene rings is 2. The molecule has 0 aliphatic heterocycles. The van der Waals surface area contributed by atoms with Crippen LogP contribution in [-0.4, -0.2) is 3.71 Å². The molecule has 0 N–H and O–H groups in total. The zero-order valence-corrected chi connectivity index (χ0v) is 21.6. The Bertz CT molecular complexity index is 996. The molecule has 0 amide bonds. The van der Waals surface area contributed by atoms with Crippen LogP contribution in [-0.2, 0) is 19.8 Å². The van der Waals surface area contributed by atoms with Gasteiger partial charge in [0.05, 0.1) is 0 Å². The number of halogens is 2. The third kappa shape index (κ3) is 4.68. The molecule has 0 saturated heterocycles. The van der Waals surface area contributed by atoms with Crippen molar-refractivity contribution in [3.63, 3.8) is 0 Å². The molecule has 2 aliphatic rings. The van der Waals surface area contributed by atoms with Gasteiger partial charge >= 0.3 is 169 Å². The molecule has 29 heavy (non-hydrogen) atoms. The van der Waals surface area contributed by atoms with Crippen molar-refractivity contribution in [1.29, 1.82) is 0 Å². The van der Waals surface area contributed by atoms with E-state index in [9.17, 15) is 0 Å². The van der Waals surface area contributed by atoms with E-state index in [2.05, 4.69) is 95.0 Å². The molecule has 0 nitrogen and oxygen atoms in total. The van der Waals surface area contributed by atoms with Crippen molar-refractivity contribution in [3.05, 3.63) is 97.9 Å². The Balaban J connectivity index is 0.00000150. The Hall–Kier alpha value is -1.01. The number of allylic oxidation sites excluding steroid dienone is 5. The topological polar surface area (TPSA) is 0 Å². The molecular formula is C26H31Cl2Zr. The third-order valence-electron chi connectivity index (χ3n) is 6.42. The van der Waals surface area contributed by atoms with Crippen molar-refractivity contribution in [2.75, 3.05) is 0 Å². The van der Waals surface area contributed by atoms with Crippen LogP contribution in [0, 0.1) is 0 Å². The smallest absolute Gasteiger partial charge is 0.147 e. The third-order valence-corrected chi connectivity index (χ3v) is 17.3. The van der Waals surface area contributed by atoms with Crippen LogP contribution in [0.5, 0.6) is 0 Å². The van der Waals surface area contributed by atoms with Gasteiger partial charge in [-0.2, -0.15) is 0 Å². The minimum absolute atomic E-state index is 0. The van der Waals surface area contributed by atoms with E-state index in [1.54, 1.807) is 20.0 Å². The summed E-state index contributed by atoms with van der Waals surface area (Å²) in [5.74, 6) is 0. The minimum Gasteiger partial charge on any atom is -0.147 e. The molecule has 153 valence electrons. The molecule has 0 bridgehead atoms. The van der Waals surface area contributed by atoms with Gasteiger partial charge in [-0.15, -0.1) is 24.8 Å².